The van der Waals surface area contributed by atoms with Gasteiger partial charge in [-0.2, -0.15) is 0 Å². The van der Waals surface area contributed by atoms with Gasteiger partial charge in [-0.05, 0) is 55.5 Å². The number of imidazole rings is 1. The summed E-state index contributed by atoms with van der Waals surface area (Å²) >= 11 is 1.13. The zero-order chi connectivity index (χ0) is 19.6. The average molecular weight is 411 g/mol. The Kier molecular flexibility index (Phi) is 5.87. The van der Waals surface area contributed by atoms with Gasteiger partial charge in [0, 0.05) is 31.5 Å². The predicted molar refractivity (Wildman–Crippen MR) is 102 cm³/mol. The minimum atomic E-state index is -3.80. The highest BCUT2D eigenvalue weighted by Gasteiger charge is 2.27. The van der Waals surface area contributed by atoms with Crippen LogP contribution in [0.1, 0.15) is 32.6 Å². The Balaban J connectivity index is 1.84. The molecule has 1 heterocycles. The lowest BCUT2D eigenvalue weighted by molar-refractivity contribution is -0.388. The number of sulfonamides is 1. The van der Waals surface area contributed by atoms with Gasteiger partial charge in [0.25, 0.3) is 5.69 Å². The third kappa shape index (κ3) is 4.69. The lowest BCUT2D eigenvalue weighted by atomic mass is 9.88. The van der Waals surface area contributed by atoms with Crippen LogP contribution in [0.5, 0.6) is 0 Å². The molecule has 146 valence electrons. The quantitative estimate of drug-likeness (QED) is 0.578. The highest BCUT2D eigenvalue weighted by atomic mass is 32.2. The summed E-state index contributed by atoms with van der Waals surface area (Å²) in [5.41, 5.74) is -0.247. The number of hydrogen-bond acceptors (Lipinski definition) is 6. The van der Waals surface area contributed by atoms with Crippen LogP contribution in [0.15, 0.2) is 45.5 Å². The van der Waals surface area contributed by atoms with Gasteiger partial charge in [0.05, 0.1) is 14.7 Å². The van der Waals surface area contributed by atoms with Gasteiger partial charge in [0.2, 0.25) is 10.0 Å². The summed E-state index contributed by atoms with van der Waals surface area (Å²) in [6, 6.07) is 3.88. The van der Waals surface area contributed by atoms with E-state index in [1.807, 2.05) is 0 Å². The molecule has 1 N–H and O–H groups in total. The summed E-state index contributed by atoms with van der Waals surface area (Å²) in [6.45, 7) is 2.16. The highest BCUT2D eigenvalue weighted by Crippen LogP contribution is 2.35. The van der Waals surface area contributed by atoms with Crippen LogP contribution >= 0.6 is 11.8 Å². The van der Waals surface area contributed by atoms with E-state index in [2.05, 4.69) is 16.6 Å². The topological polar surface area (TPSA) is 107 Å². The molecule has 27 heavy (non-hydrogen) atoms. The van der Waals surface area contributed by atoms with Crippen LogP contribution in [-0.2, 0) is 17.1 Å². The number of aryl methyl sites for hydroxylation is 1. The van der Waals surface area contributed by atoms with Gasteiger partial charge < -0.3 is 4.57 Å². The fraction of sp³-hybridized carbons (Fsp3) is 0.471. The number of nitrogens with one attached hydrogen (secondary N) is 1. The standard InChI is InChI=1S/C17H22N4O4S2/c1-12-3-5-13(6-4-12)19-27(24,25)14-7-8-16(15(11-14)21(22)23)26-17-18-9-10-20(17)2/h7-13,19H,3-6H2,1-2H3. The lowest BCUT2D eigenvalue weighted by Crippen LogP contribution is -2.37. The largest absolute Gasteiger partial charge is 0.329 e. The second kappa shape index (κ2) is 7.99. The van der Waals surface area contributed by atoms with Crippen LogP contribution in [-0.4, -0.2) is 28.9 Å². The van der Waals surface area contributed by atoms with Crippen LogP contribution in [0.25, 0.3) is 0 Å². The maximum atomic E-state index is 12.7. The summed E-state index contributed by atoms with van der Waals surface area (Å²) in [5.74, 6) is 0.606. The molecule has 0 saturated heterocycles. The molecular weight excluding hydrogens is 388 g/mol. The Morgan fingerprint density at radius 1 is 1.30 bits per heavy atom. The van der Waals surface area contributed by atoms with Crippen LogP contribution in [0.3, 0.4) is 0 Å². The van der Waals surface area contributed by atoms with Gasteiger partial charge in [-0.25, -0.2) is 18.1 Å². The van der Waals surface area contributed by atoms with Crippen LogP contribution in [0, 0.1) is 16.0 Å². The molecule has 2 aromatic rings. The van der Waals surface area contributed by atoms with Crippen molar-refractivity contribution in [2.75, 3.05) is 0 Å². The van der Waals surface area contributed by atoms with E-state index in [1.165, 1.54) is 12.1 Å². The minimum Gasteiger partial charge on any atom is -0.329 e. The predicted octanol–water partition coefficient (Wildman–Crippen LogP) is 3.34. The van der Waals surface area contributed by atoms with E-state index in [0.717, 1.165) is 43.5 Å². The Morgan fingerprint density at radius 2 is 2.00 bits per heavy atom. The lowest BCUT2D eigenvalue weighted by Gasteiger charge is -2.26. The van der Waals surface area contributed by atoms with Gasteiger partial charge in [0.15, 0.2) is 5.16 Å². The van der Waals surface area contributed by atoms with E-state index in [0.29, 0.717) is 16.0 Å². The number of nitro benzene ring substituents is 1. The van der Waals surface area contributed by atoms with Crippen molar-refractivity contribution in [2.45, 2.75) is 53.6 Å². The third-order valence-electron chi connectivity index (χ3n) is 4.75. The minimum absolute atomic E-state index is 0.0861. The summed E-state index contributed by atoms with van der Waals surface area (Å²) in [5, 5.41) is 12.1. The second-order valence-electron chi connectivity index (χ2n) is 6.89. The Bertz CT molecular complexity index is 934. The number of nitro groups is 1. The van der Waals surface area contributed by atoms with Gasteiger partial charge in [-0.15, -0.1) is 0 Å². The van der Waals surface area contributed by atoms with Crippen molar-refractivity contribution in [1.29, 1.82) is 0 Å². The van der Waals surface area contributed by atoms with Gasteiger partial charge in [-0.1, -0.05) is 6.92 Å². The molecule has 8 nitrogen and oxygen atoms in total. The molecule has 1 aliphatic rings. The molecule has 1 aromatic carbocycles. The van der Waals surface area contributed by atoms with Crippen molar-refractivity contribution in [3.8, 4) is 0 Å². The summed E-state index contributed by atoms with van der Waals surface area (Å²) in [6.07, 6.45) is 6.87. The first-order valence-corrected chi connectivity index (χ1v) is 11.0. The fourth-order valence-electron chi connectivity index (χ4n) is 3.11. The van der Waals surface area contributed by atoms with E-state index in [4.69, 9.17) is 0 Å². The molecule has 0 spiro atoms. The van der Waals surface area contributed by atoms with Crippen molar-refractivity contribution in [3.63, 3.8) is 0 Å². The first-order chi connectivity index (χ1) is 12.8. The smallest absolute Gasteiger partial charge is 0.284 e. The zero-order valence-corrected chi connectivity index (χ0v) is 16.8. The number of nitrogens with zero attached hydrogens (tertiary/aromatic N) is 3. The van der Waals surface area contributed by atoms with Crippen molar-refractivity contribution < 1.29 is 13.3 Å². The third-order valence-corrected chi connectivity index (χ3v) is 7.41. The molecule has 0 radical (unpaired) electrons. The van der Waals surface area contributed by atoms with Crippen molar-refractivity contribution in [2.24, 2.45) is 13.0 Å². The number of rotatable bonds is 6. The van der Waals surface area contributed by atoms with Crippen molar-refractivity contribution in [3.05, 3.63) is 40.7 Å². The highest BCUT2D eigenvalue weighted by molar-refractivity contribution is 7.99. The summed E-state index contributed by atoms with van der Waals surface area (Å²) < 4.78 is 29.8. The molecule has 0 amide bonds. The molecule has 0 aliphatic heterocycles. The molecule has 3 rings (SSSR count). The molecule has 0 bridgehead atoms. The van der Waals surface area contributed by atoms with Crippen molar-refractivity contribution >= 4 is 27.5 Å². The Morgan fingerprint density at radius 3 is 2.59 bits per heavy atom. The fourth-order valence-corrected chi connectivity index (χ4v) is 5.32. The Hall–Kier alpha value is -1.91. The maximum absolute atomic E-state index is 12.7. The van der Waals surface area contributed by atoms with Crippen molar-refractivity contribution in [1.82, 2.24) is 14.3 Å². The Labute approximate surface area is 162 Å². The summed E-state index contributed by atoms with van der Waals surface area (Å²) in [4.78, 5) is 15.3. The summed E-state index contributed by atoms with van der Waals surface area (Å²) in [7, 11) is -2.02. The monoisotopic (exact) mass is 410 g/mol. The molecule has 10 heteroatoms. The first-order valence-electron chi connectivity index (χ1n) is 8.72. The maximum Gasteiger partial charge on any atom is 0.284 e. The molecule has 0 unspecified atom stereocenters. The normalized spacial score (nSPS) is 20.5. The van der Waals surface area contributed by atoms with E-state index in [9.17, 15) is 18.5 Å². The van der Waals surface area contributed by atoms with E-state index < -0.39 is 14.9 Å². The van der Waals surface area contributed by atoms with Gasteiger partial charge >= 0.3 is 0 Å². The average Bonchev–Trinajstić information content (AvgIpc) is 3.01. The zero-order valence-electron chi connectivity index (χ0n) is 15.2. The number of aromatic nitrogens is 2. The number of hydrogen-bond donors (Lipinski definition) is 1. The molecule has 1 aliphatic carbocycles. The van der Waals surface area contributed by atoms with Gasteiger partial charge in [-0.3, -0.25) is 10.1 Å². The van der Waals surface area contributed by atoms with Crippen LogP contribution in [0.4, 0.5) is 5.69 Å². The van der Waals surface area contributed by atoms with Crippen LogP contribution < -0.4 is 4.72 Å². The SMILES string of the molecule is CC1CCC(NS(=O)(=O)c2ccc(Sc3nccn3C)c([N+](=O)[O-])c2)CC1. The van der Waals surface area contributed by atoms with Crippen LogP contribution in [0.2, 0.25) is 0 Å². The van der Waals surface area contributed by atoms with E-state index in [1.54, 1.807) is 24.0 Å². The molecular formula is C17H22N4O4S2. The first kappa shape index (κ1) is 19.8. The molecule has 1 fully saturated rings. The molecule has 1 saturated carbocycles. The molecule has 0 atom stereocenters. The van der Waals surface area contributed by atoms with E-state index >= 15 is 0 Å². The molecule has 1 aromatic heterocycles. The number of benzene rings is 1. The van der Waals surface area contributed by atoms with Gasteiger partial charge in [0.1, 0.15) is 0 Å². The second-order valence-corrected chi connectivity index (χ2v) is 9.61. The van der Waals surface area contributed by atoms with E-state index in [-0.39, 0.29) is 16.6 Å².